The molecule has 0 saturated carbocycles. The minimum atomic E-state index is -0.952. The minimum Gasteiger partial charge on any atom is -0.325 e. The molecule has 0 fully saturated rings. The van der Waals surface area contributed by atoms with E-state index in [2.05, 4.69) is 4.98 Å². The van der Waals surface area contributed by atoms with Gasteiger partial charge in [0, 0.05) is 12.6 Å². The molecule has 0 N–H and O–H groups in total. The summed E-state index contributed by atoms with van der Waals surface area (Å²) in [5.41, 5.74) is 1.05. The number of halogens is 2. The Morgan fingerprint density at radius 2 is 2.06 bits per heavy atom. The highest BCUT2D eigenvalue weighted by atomic mass is 19.2. The Labute approximate surface area is 90.6 Å². The van der Waals surface area contributed by atoms with E-state index >= 15 is 0 Å². The van der Waals surface area contributed by atoms with Crippen molar-refractivity contribution in [1.29, 1.82) is 5.26 Å². The van der Waals surface area contributed by atoms with E-state index in [1.165, 1.54) is 17.0 Å². The summed E-state index contributed by atoms with van der Waals surface area (Å²) in [4.78, 5) is 3.98. The van der Waals surface area contributed by atoms with Gasteiger partial charge in [0.2, 0.25) is 0 Å². The van der Waals surface area contributed by atoms with E-state index in [0.717, 1.165) is 12.1 Å². The van der Waals surface area contributed by atoms with Crippen LogP contribution in [0.25, 0.3) is 11.3 Å². The van der Waals surface area contributed by atoms with Gasteiger partial charge in [-0.3, -0.25) is 0 Å². The fraction of sp³-hybridized carbons (Fsp3) is 0.0909. The Morgan fingerprint density at radius 3 is 2.69 bits per heavy atom. The first-order valence-electron chi connectivity index (χ1n) is 4.50. The van der Waals surface area contributed by atoms with Crippen molar-refractivity contribution in [2.24, 2.45) is 7.05 Å². The third-order valence-electron chi connectivity index (χ3n) is 2.24. The van der Waals surface area contributed by atoms with Crippen LogP contribution in [0.4, 0.5) is 8.78 Å². The smallest absolute Gasteiger partial charge is 0.159 e. The average Bonchev–Trinajstić information content (AvgIpc) is 2.63. The third kappa shape index (κ3) is 1.54. The summed E-state index contributed by atoms with van der Waals surface area (Å²) in [7, 11) is 1.66. The van der Waals surface area contributed by atoms with Gasteiger partial charge in [-0.2, -0.15) is 5.26 Å². The van der Waals surface area contributed by atoms with Gasteiger partial charge in [-0.1, -0.05) is 0 Å². The van der Waals surface area contributed by atoms with Gasteiger partial charge >= 0.3 is 0 Å². The van der Waals surface area contributed by atoms with E-state index in [9.17, 15) is 8.78 Å². The monoisotopic (exact) mass is 219 g/mol. The van der Waals surface area contributed by atoms with Gasteiger partial charge in [-0.25, -0.2) is 13.8 Å². The second-order valence-corrected chi connectivity index (χ2v) is 3.29. The van der Waals surface area contributed by atoms with Crippen LogP contribution in [0.3, 0.4) is 0 Å². The normalized spacial score (nSPS) is 10.1. The van der Waals surface area contributed by atoms with Crippen molar-refractivity contribution in [2.45, 2.75) is 0 Å². The van der Waals surface area contributed by atoms with E-state index in [1.807, 2.05) is 6.07 Å². The van der Waals surface area contributed by atoms with Crippen LogP contribution in [0.5, 0.6) is 0 Å². The minimum absolute atomic E-state index is 0.311. The lowest BCUT2D eigenvalue weighted by Crippen LogP contribution is -1.92. The number of aryl methyl sites for hydroxylation is 1. The molecule has 0 saturated heterocycles. The lowest BCUT2D eigenvalue weighted by molar-refractivity contribution is 0.509. The van der Waals surface area contributed by atoms with Crippen molar-refractivity contribution in [3.05, 3.63) is 41.9 Å². The van der Waals surface area contributed by atoms with Gasteiger partial charge in [-0.05, 0) is 18.2 Å². The van der Waals surface area contributed by atoms with Gasteiger partial charge in [0.15, 0.2) is 11.6 Å². The molecule has 0 radical (unpaired) electrons. The highest BCUT2D eigenvalue weighted by Crippen LogP contribution is 2.22. The summed E-state index contributed by atoms with van der Waals surface area (Å²) in [5, 5.41) is 8.89. The molecule has 5 heteroatoms. The van der Waals surface area contributed by atoms with Crippen molar-refractivity contribution in [1.82, 2.24) is 9.55 Å². The Balaban J connectivity index is 2.60. The number of imidazole rings is 1. The van der Waals surface area contributed by atoms with Crippen LogP contribution >= 0.6 is 0 Å². The zero-order valence-corrected chi connectivity index (χ0v) is 8.41. The molecule has 1 aromatic heterocycles. The van der Waals surface area contributed by atoms with Gasteiger partial charge in [-0.15, -0.1) is 0 Å². The van der Waals surface area contributed by atoms with Crippen LogP contribution in [-0.2, 0) is 7.05 Å². The summed E-state index contributed by atoms with van der Waals surface area (Å²) < 4.78 is 27.3. The molecule has 3 nitrogen and oxygen atoms in total. The number of hydrogen-bond donors (Lipinski definition) is 0. The van der Waals surface area contributed by atoms with Crippen molar-refractivity contribution in [2.75, 3.05) is 0 Å². The van der Waals surface area contributed by atoms with Crippen molar-refractivity contribution >= 4 is 0 Å². The molecule has 80 valence electrons. The Bertz CT molecular complexity index is 581. The number of hydrogen-bond acceptors (Lipinski definition) is 2. The molecule has 0 aliphatic carbocycles. The molecule has 0 bridgehead atoms. The molecule has 0 amide bonds. The van der Waals surface area contributed by atoms with Crippen LogP contribution in [0, 0.1) is 23.0 Å². The molecule has 0 unspecified atom stereocenters. The summed E-state index contributed by atoms with van der Waals surface area (Å²) in [6.07, 6.45) is 1.45. The zero-order valence-electron chi connectivity index (χ0n) is 8.41. The van der Waals surface area contributed by atoms with Gasteiger partial charge < -0.3 is 4.57 Å². The second kappa shape index (κ2) is 3.74. The fourth-order valence-corrected chi connectivity index (χ4v) is 1.42. The van der Waals surface area contributed by atoms with Crippen LogP contribution in [0.1, 0.15) is 5.69 Å². The predicted octanol–water partition coefficient (Wildman–Crippen LogP) is 2.24. The first kappa shape index (κ1) is 10.3. The van der Waals surface area contributed by atoms with E-state index in [4.69, 9.17) is 5.26 Å². The van der Waals surface area contributed by atoms with Gasteiger partial charge in [0.05, 0.1) is 6.33 Å². The lowest BCUT2D eigenvalue weighted by Gasteiger charge is -1.99. The molecule has 0 atom stereocenters. The largest absolute Gasteiger partial charge is 0.325 e. The number of aromatic nitrogens is 2. The molecular weight excluding hydrogens is 212 g/mol. The number of rotatable bonds is 1. The zero-order chi connectivity index (χ0) is 11.7. The quantitative estimate of drug-likeness (QED) is 0.738. The summed E-state index contributed by atoms with van der Waals surface area (Å²) in [6.45, 7) is 0. The topological polar surface area (TPSA) is 41.6 Å². The van der Waals surface area contributed by atoms with Crippen molar-refractivity contribution in [3.63, 3.8) is 0 Å². The Hall–Kier alpha value is -2.22. The molecular formula is C11H7F2N3. The number of benzene rings is 1. The molecule has 0 spiro atoms. The lowest BCUT2D eigenvalue weighted by atomic mass is 10.1. The molecule has 0 aliphatic rings. The summed E-state index contributed by atoms with van der Waals surface area (Å²) in [6, 6.07) is 5.39. The van der Waals surface area contributed by atoms with Crippen LogP contribution < -0.4 is 0 Å². The molecule has 0 aliphatic heterocycles. The van der Waals surface area contributed by atoms with Gasteiger partial charge in [0.1, 0.15) is 17.5 Å². The van der Waals surface area contributed by atoms with Crippen molar-refractivity contribution in [3.8, 4) is 17.3 Å². The van der Waals surface area contributed by atoms with Crippen LogP contribution in [-0.4, -0.2) is 9.55 Å². The summed E-state index contributed by atoms with van der Waals surface area (Å²) in [5.74, 6) is -1.87. The third-order valence-corrected chi connectivity index (χ3v) is 2.24. The fourth-order valence-electron chi connectivity index (χ4n) is 1.42. The SMILES string of the molecule is Cn1cnc(-c2ccc(F)c(F)c2)c1C#N. The highest BCUT2D eigenvalue weighted by molar-refractivity contribution is 5.64. The highest BCUT2D eigenvalue weighted by Gasteiger charge is 2.12. The van der Waals surface area contributed by atoms with E-state index in [1.54, 1.807) is 7.05 Å². The van der Waals surface area contributed by atoms with E-state index in [-0.39, 0.29) is 0 Å². The van der Waals surface area contributed by atoms with Crippen LogP contribution in [0.2, 0.25) is 0 Å². The maximum absolute atomic E-state index is 13.0. The summed E-state index contributed by atoms with van der Waals surface area (Å²) >= 11 is 0. The molecule has 1 aromatic carbocycles. The number of nitriles is 1. The van der Waals surface area contributed by atoms with Gasteiger partial charge in [0.25, 0.3) is 0 Å². The Kier molecular flexibility index (Phi) is 2.41. The molecule has 2 rings (SSSR count). The second-order valence-electron chi connectivity index (χ2n) is 3.29. The standard InChI is InChI=1S/C11H7F2N3/c1-16-6-15-11(10(16)5-14)7-2-3-8(12)9(13)4-7/h2-4,6H,1H3. The Morgan fingerprint density at radius 1 is 1.31 bits per heavy atom. The predicted molar refractivity (Wildman–Crippen MR) is 53.3 cm³/mol. The average molecular weight is 219 g/mol. The van der Waals surface area contributed by atoms with E-state index in [0.29, 0.717) is 17.0 Å². The molecule has 2 aromatic rings. The maximum atomic E-state index is 13.0. The van der Waals surface area contributed by atoms with Crippen LogP contribution in [0.15, 0.2) is 24.5 Å². The van der Waals surface area contributed by atoms with E-state index < -0.39 is 11.6 Å². The number of nitrogens with zero attached hydrogens (tertiary/aromatic N) is 3. The molecule has 16 heavy (non-hydrogen) atoms. The van der Waals surface area contributed by atoms with Crippen molar-refractivity contribution < 1.29 is 8.78 Å². The first-order valence-corrected chi connectivity index (χ1v) is 4.50. The first-order chi connectivity index (χ1) is 7.63. The maximum Gasteiger partial charge on any atom is 0.159 e. The molecule has 1 heterocycles.